The van der Waals surface area contributed by atoms with Crippen LogP contribution in [0.5, 0.6) is 0 Å². The zero-order chi connectivity index (χ0) is 20.8. The maximum absolute atomic E-state index is 12.8. The van der Waals surface area contributed by atoms with E-state index in [1.807, 2.05) is 38.1 Å². The lowest BCUT2D eigenvalue weighted by molar-refractivity contribution is 0.528. The van der Waals surface area contributed by atoms with Crippen molar-refractivity contribution in [2.45, 2.75) is 38.6 Å². The summed E-state index contributed by atoms with van der Waals surface area (Å²) in [7, 11) is -3.71. The topological polar surface area (TPSA) is 76.9 Å². The van der Waals surface area contributed by atoms with E-state index in [4.69, 9.17) is 0 Å². The molecule has 2 aromatic carbocycles. The van der Waals surface area contributed by atoms with Crippen molar-refractivity contribution in [3.8, 4) is 10.6 Å². The molecule has 0 aliphatic carbocycles. The highest BCUT2D eigenvalue weighted by Gasteiger charge is 2.21. The van der Waals surface area contributed by atoms with E-state index >= 15 is 0 Å². The van der Waals surface area contributed by atoms with Crippen LogP contribution in [-0.4, -0.2) is 23.2 Å². The molecule has 0 aliphatic rings. The molecule has 6 nitrogen and oxygen atoms in total. The monoisotopic (exact) mass is 426 g/mol. The number of aryl methyl sites for hydroxylation is 2. The quantitative estimate of drug-likeness (QED) is 0.478. The number of nitrogens with one attached hydrogen (secondary N) is 1. The normalized spacial score (nSPS) is 12.0. The number of sulfonamides is 1. The number of fused-ring (bicyclic) bond motifs is 1. The summed E-state index contributed by atoms with van der Waals surface area (Å²) in [6.45, 7) is 7.68. The second-order valence-electron chi connectivity index (χ2n) is 7.33. The van der Waals surface area contributed by atoms with Crippen LogP contribution in [0.15, 0.2) is 53.6 Å². The van der Waals surface area contributed by atoms with E-state index < -0.39 is 10.0 Å². The van der Waals surface area contributed by atoms with Gasteiger partial charge in [-0.05, 0) is 69.7 Å². The van der Waals surface area contributed by atoms with Crippen LogP contribution in [0.25, 0.3) is 20.8 Å². The van der Waals surface area contributed by atoms with Gasteiger partial charge in [0.15, 0.2) is 0 Å². The Morgan fingerprint density at radius 1 is 1.07 bits per heavy atom. The van der Waals surface area contributed by atoms with Crippen molar-refractivity contribution in [3.63, 3.8) is 0 Å². The molecule has 4 aromatic rings. The predicted molar refractivity (Wildman–Crippen MR) is 118 cm³/mol. The first-order valence-electron chi connectivity index (χ1n) is 9.29. The van der Waals surface area contributed by atoms with E-state index in [9.17, 15) is 8.42 Å². The number of hydrogen-bond acceptors (Lipinski definition) is 5. The van der Waals surface area contributed by atoms with Gasteiger partial charge in [0.1, 0.15) is 9.90 Å². The van der Waals surface area contributed by atoms with Gasteiger partial charge in [0.25, 0.3) is 10.0 Å². The maximum Gasteiger partial charge on any atom is 0.265 e. The molecule has 2 heterocycles. The zero-order valence-corrected chi connectivity index (χ0v) is 18.3. The van der Waals surface area contributed by atoms with E-state index in [-0.39, 0.29) is 10.9 Å². The molecule has 29 heavy (non-hydrogen) atoms. The van der Waals surface area contributed by atoms with Crippen LogP contribution >= 0.6 is 11.3 Å². The minimum atomic E-state index is -3.71. The Balaban J connectivity index is 1.59. The number of anilines is 1. The maximum atomic E-state index is 12.8. The molecule has 0 aliphatic heterocycles. The molecule has 0 unspecified atom stereocenters. The van der Waals surface area contributed by atoms with Gasteiger partial charge in [0.2, 0.25) is 0 Å². The van der Waals surface area contributed by atoms with Crippen LogP contribution in [0.1, 0.15) is 31.1 Å². The summed E-state index contributed by atoms with van der Waals surface area (Å²) in [6, 6.07) is 13.6. The van der Waals surface area contributed by atoms with Crippen LogP contribution in [0.4, 0.5) is 5.69 Å². The minimum Gasteiger partial charge on any atom is -0.280 e. The third kappa shape index (κ3) is 3.90. The van der Waals surface area contributed by atoms with Gasteiger partial charge in [-0.1, -0.05) is 6.07 Å². The Kier molecular flexibility index (Phi) is 4.92. The second-order valence-corrected chi connectivity index (χ2v) is 10.0. The molecule has 2 aromatic heterocycles. The molecule has 1 N–H and O–H groups in total. The molecular formula is C21H22N4O2S2. The summed E-state index contributed by atoms with van der Waals surface area (Å²) >= 11 is 1.63. The molecule has 0 saturated carbocycles. The fourth-order valence-electron chi connectivity index (χ4n) is 3.04. The molecule has 0 saturated heterocycles. The number of benzene rings is 2. The van der Waals surface area contributed by atoms with E-state index in [0.717, 1.165) is 20.8 Å². The Hall–Kier alpha value is -2.71. The fraction of sp³-hybridized carbons (Fsp3) is 0.238. The number of thiazole rings is 1. The fourth-order valence-corrected chi connectivity index (χ4v) is 5.34. The summed E-state index contributed by atoms with van der Waals surface area (Å²) in [4.78, 5) is 4.87. The zero-order valence-electron chi connectivity index (χ0n) is 16.7. The minimum absolute atomic E-state index is 0.0922. The summed E-state index contributed by atoms with van der Waals surface area (Å²) < 4.78 is 31.0. The Labute approximate surface area is 174 Å². The number of rotatable bonds is 5. The van der Waals surface area contributed by atoms with E-state index in [1.165, 1.54) is 5.56 Å². The van der Waals surface area contributed by atoms with Crippen molar-refractivity contribution in [3.05, 3.63) is 59.9 Å². The van der Waals surface area contributed by atoms with Crippen molar-refractivity contribution < 1.29 is 8.42 Å². The molecule has 0 fully saturated rings. The number of aromatic nitrogens is 3. The average molecular weight is 427 g/mol. The largest absolute Gasteiger partial charge is 0.280 e. The number of hydrogen-bond donors (Lipinski definition) is 1. The van der Waals surface area contributed by atoms with Crippen molar-refractivity contribution in [1.29, 1.82) is 0 Å². The molecule has 8 heteroatoms. The van der Waals surface area contributed by atoms with E-state index in [2.05, 4.69) is 27.8 Å². The van der Waals surface area contributed by atoms with Gasteiger partial charge in [-0.15, -0.1) is 11.3 Å². The number of nitrogens with zero attached hydrogens (tertiary/aromatic N) is 3. The highest BCUT2D eigenvalue weighted by atomic mass is 32.2. The Bertz CT molecular complexity index is 1290. The van der Waals surface area contributed by atoms with Gasteiger partial charge in [0, 0.05) is 23.5 Å². The molecule has 0 radical (unpaired) electrons. The Morgan fingerprint density at radius 2 is 1.79 bits per heavy atom. The van der Waals surface area contributed by atoms with Crippen LogP contribution < -0.4 is 4.72 Å². The van der Waals surface area contributed by atoms with Crippen LogP contribution in [-0.2, 0) is 10.0 Å². The highest BCUT2D eigenvalue weighted by molar-refractivity contribution is 7.92. The lowest BCUT2D eigenvalue weighted by Gasteiger charge is -2.07. The summed E-state index contributed by atoms with van der Waals surface area (Å²) in [6.07, 6.45) is 1.57. The lowest BCUT2D eigenvalue weighted by Crippen LogP contribution is -2.13. The lowest BCUT2D eigenvalue weighted by atomic mass is 10.2. The molecule has 150 valence electrons. The van der Waals surface area contributed by atoms with Crippen molar-refractivity contribution in [2.24, 2.45) is 0 Å². The third-order valence-electron chi connectivity index (χ3n) is 4.62. The van der Waals surface area contributed by atoms with Gasteiger partial charge >= 0.3 is 0 Å². The van der Waals surface area contributed by atoms with Crippen molar-refractivity contribution in [1.82, 2.24) is 14.8 Å². The van der Waals surface area contributed by atoms with Gasteiger partial charge in [-0.2, -0.15) is 5.10 Å². The first-order valence-corrected chi connectivity index (χ1v) is 11.6. The Morgan fingerprint density at radius 3 is 2.45 bits per heavy atom. The smallest absolute Gasteiger partial charge is 0.265 e. The first kappa shape index (κ1) is 19.6. The summed E-state index contributed by atoms with van der Waals surface area (Å²) in [5, 5.41) is 5.20. The highest BCUT2D eigenvalue weighted by Crippen LogP contribution is 2.31. The van der Waals surface area contributed by atoms with Crippen LogP contribution in [0.3, 0.4) is 0 Å². The second kappa shape index (κ2) is 7.27. The summed E-state index contributed by atoms with van der Waals surface area (Å²) in [5.41, 5.74) is 4.11. The van der Waals surface area contributed by atoms with Crippen LogP contribution in [0, 0.1) is 13.8 Å². The third-order valence-corrected chi connectivity index (χ3v) is 7.17. The van der Waals surface area contributed by atoms with Gasteiger partial charge in [0.05, 0.1) is 15.9 Å². The average Bonchev–Trinajstić information content (AvgIpc) is 3.25. The van der Waals surface area contributed by atoms with Crippen molar-refractivity contribution in [2.75, 3.05) is 4.72 Å². The molecule has 0 bridgehead atoms. The van der Waals surface area contributed by atoms with Gasteiger partial charge in [-0.3, -0.25) is 9.40 Å². The molecule has 0 atom stereocenters. The molecule has 0 amide bonds. The van der Waals surface area contributed by atoms with E-state index in [1.54, 1.807) is 41.3 Å². The van der Waals surface area contributed by atoms with Gasteiger partial charge in [-0.25, -0.2) is 13.4 Å². The van der Waals surface area contributed by atoms with Gasteiger partial charge < -0.3 is 0 Å². The van der Waals surface area contributed by atoms with Crippen molar-refractivity contribution >= 4 is 37.3 Å². The molecule has 0 spiro atoms. The van der Waals surface area contributed by atoms with E-state index in [0.29, 0.717) is 11.4 Å². The SMILES string of the molecule is Cc1ccc2nc(-c3ccc(NS(=O)(=O)c4cn(C(C)C)nc4C)cc3)sc2c1. The predicted octanol–water partition coefficient (Wildman–Crippen LogP) is 5.16. The summed E-state index contributed by atoms with van der Waals surface area (Å²) in [5.74, 6) is 0. The van der Waals surface area contributed by atoms with Crippen LogP contribution in [0.2, 0.25) is 0 Å². The molecular weight excluding hydrogens is 404 g/mol. The standard InChI is InChI=1S/C21H22N4O2S2/c1-13(2)25-12-20(15(4)23-25)29(26,27)24-17-8-6-16(7-9-17)21-22-18-10-5-14(3)11-19(18)28-21/h5-13,24H,1-4H3. The molecule has 4 rings (SSSR count). The first-order chi connectivity index (χ1) is 13.7.